The normalized spacial score (nSPS) is 13.2. The quantitative estimate of drug-likeness (QED) is 0.824. The van der Waals surface area contributed by atoms with E-state index in [2.05, 4.69) is 0 Å². The van der Waals surface area contributed by atoms with Gasteiger partial charge >= 0.3 is 0 Å². The number of carbonyl (C=O) groups is 1. The number of hydrogen-bond acceptors (Lipinski definition) is 4. The Labute approximate surface area is 132 Å². The largest absolute Gasteiger partial charge is 0.378 e. The van der Waals surface area contributed by atoms with Crippen LogP contribution in [-0.2, 0) is 19.6 Å². The zero-order valence-corrected chi connectivity index (χ0v) is 14.3. The molecule has 7 heteroatoms. The zero-order valence-electron chi connectivity index (χ0n) is 13.4. The van der Waals surface area contributed by atoms with Gasteiger partial charge in [0, 0.05) is 7.05 Å². The number of primary sulfonamides is 1. The van der Waals surface area contributed by atoms with E-state index in [-0.39, 0.29) is 22.9 Å². The van der Waals surface area contributed by atoms with Crippen LogP contribution in [0.4, 0.5) is 0 Å². The maximum Gasteiger partial charge on any atom is 0.238 e. The summed E-state index contributed by atoms with van der Waals surface area (Å²) >= 11 is 0. The van der Waals surface area contributed by atoms with Crippen molar-refractivity contribution in [1.82, 2.24) is 4.90 Å². The van der Waals surface area contributed by atoms with Gasteiger partial charge in [0.25, 0.3) is 0 Å². The summed E-state index contributed by atoms with van der Waals surface area (Å²) in [6, 6.07) is 6.06. The molecule has 22 heavy (non-hydrogen) atoms. The number of hydrogen-bond donors (Lipinski definition) is 1. The molecule has 0 bridgehead atoms. The molecule has 0 radical (unpaired) electrons. The lowest BCUT2D eigenvalue weighted by atomic mass is 10.1. The Morgan fingerprint density at radius 1 is 1.23 bits per heavy atom. The topological polar surface area (TPSA) is 89.7 Å². The van der Waals surface area contributed by atoms with E-state index in [9.17, 15) is 13.2 Å². The lowest BCUT2D eigenvalue weighted by molar-refractivity contribution is -0.133. The number of sulfonamides is 1. The Morgan fingerprint density at radius 2 is 1.77 bits per heavy atom. The average Bonchev–Trinajstić information content (AvgIpc) is 2.44. The van der Waals surface area contributed by atoms with Crippen molar-refractivity contribution in [1.29, 1.82) is 0 Å². The molecule has 6 nitrogen and oxygen atoms in total. The molecule has 2 N–H and O–H groups in total. The highest BCUT2D eigenvalue weighted by Gasteiger charge is 2.18. The van der Waals surface area contributed by atoms with Gasteiger partial charge in [-0.3, -0.25) is 4.79 Å². The van der Waals surface area contributed by atoms with Crippen LogP contribution < -0.4 is 5.14 Å². The Morgan fingerprint density at radius 3 is 2.23 bits per heavy atom. The van der Waals surface area contributed by atoms with Crippen LogP contribution in [0.25, 0.3) is 0 Å². The second-order valence-corrected chi connectivity index (χ2v) is 7.03. The fourth-order valence-corrected chi connectivity index (χ4v) is 2.45. The van der Waals surface area contributed by atoms with E-state index >= 15 is 0 Å². The van der Waals surface area contributed by atoms with Gasteiger partial charge in [0.15, 0.2) is 0 Å². The SMILES string of the molecule is CC(C)OCCC(=O)N(C)C(C)c1ccc(S(N)(=O)=O)cc1. The summed E-state index contributed by atoms with van der Waals surface area (Å²) in [5.74, 6) is -0.0244. The van der Waals surface area contributed by atoms with E-state index < -0.39 is 10.0 Å². The van der Waals surface area contributed by atoms with Gasteiger partial charge < -0.3 is 9.64 Å². The predicted molar refractivity (Wildman–Crippen MR) is 84.7 cm³/mol. The smallest absolute Gasteiger partial charge is 0.238 e. The predicted octanol–water partition coefficient (Wildman–Crippen LogP) is 1.67. The summed E-state index contributed by atoms with van der Waals surface area (Å²) in [7, 11) is -1.98. The zero-order chi connectivity index (χ0) is 16.9. The molecule has 0 heterocycles. The minimum absolute atomic E-state index is 0.0244. The Kier molecular flexibility index (Phi) is 6.52. The van der Waals surface area contributed by atoms with E-state index in [1.165, 1.54) is 12.1 Å². The molecule has 1 amide bonds. The van der Waals surface area contributed by atoms with Crippen LogP contribution in [0.15, 0.2) is 29.2 Å². The number of nitrogens with zero attached hydrogens (tertiary/aromatic N) is 1. The van der Waals surface area contributed by atoms with Crippen molar-refractivity contribution in [2.24, 2.45) is 5.14 Å². The third-order valence-corrected chi connectivity index (χ3v) is 4.36. The first kappa shape index (κ1) is 18.6. The second kappa shape index (κ2) is 7.71. The molecule has 0 fully saturated rings. The van der Waals surface area contributed by atoms with Gasteiger partial charge in [-0.15, -0.1) is 0 Å². The third kappa shape index (κ3) is 5.40. The molecule has 0 spiro atoms. The minimum Gasteiger partial charge on any atom is -0.378 e. The van der Waals surface area contributed by atoms with E-state index in [4.69, 9.17) is 9.88 Å². The van der Waals surface area contributed by atoms with Crippen LogP contribution >= 0.6 is 0 Å². The van der Waals surface area contributed by atoms with Gasteiger partial charge in [0.1, 0.15) is 0 Å². The fourth-order valence-electron chi connectivity index (χ4n) is 1.93. The van der Waals surface area contributed by atoms with Crippen molar-refractivity contribution in [3.05, 3.63) is 29.8 Å². The number of amides is 1. The number of carbonyl (C=O) groups excluding carboxylic acids is 1. The number of rotatable bonds is 7. The molecule has 1 atom stereocenters. The molecule has 0 aliphatic rings. The molecule has 124 valence electrons. The average molecular weight is 328 g/mol. The van der Waals surface area contributed by atoms with Crippen molar-refractivity contribution in [3.63, 3.8) is 0 Å². The first-order valence-corrected chi connectivity index (χ1v) is 8.67. The maximum atomic E-state index is 12.1. The third-order valence-electron chi connectivity index (χ3n) is 3.43. The molecule has 1 unspecified atom stereocenters. The van der Waals surface area contributed by atoms with Crippen molar-refractivity contribution < 1.29 is 17.9 Å². The molecule has 1 aromatic carbocycles. The highest BCUT2D eigenvalue weighted by Crippen LogP contribution is 2.21. The van der Waals surface area contributed by atoms with E-state index in [0.717, 1.165) is 5.56 Å². The second-order valence-electron chi connectivity index (χ2n) is 5.46. The van der Waals surface area contributed by atoms with Crippen molar-refractivity contribution in [2.75, 3.05) is 13.7 Å². The van der Waals surface area contributed by atoms with Gasteiger partial charge in [-0.25, -0.2) is 13.6 Å². The van der Waals surface area contributed by atoms with Crippen molar-refractivity contribution in [2.45, 2.75) is 44.2 Å². The molecular formula is C15H24N2O4S. The van der Waals surface area contributed by atoms with Gasteiger partial charge in [0.2, 0.25) is 15.9 Å². The highest BCUT2D eigenvalue weighted by atomic mass is 32.2. The van der Waals surface area contributed by atoms with Crippen LogP contribution in [-0.4, -0.2) is 39.0 Å². The molecule has 0 aromatic heterocycles. The fraction of sp³-hybridized carbons (Fsp3) is 0.533. The molecule has 0 aliphatic heterocycles. The maximum absolute atomic E-state index is 12.1. The first-order valence-electron chi connectivity index (χ1n) is 7.13. The van der Waals surface area contributed by atoms with Crippen LogP contribution in [0.3, 0.4) is 0 Å². The van der Waals surface area contributed by atoms with Crippen molar-refractivity contribution >= 4 is 15.9 Å². The van der Waals surface area contributed by atoms with Gasteiger partial charge in [-0.1, -0.05) is 12.1 Å². The highest BCUT2D eigenvalue weighted by molar-refractivity contribution is 7.89. The summed E-state index contributed by atoms with van der Waals surface area (Å²) < 4.78 is 27.8. The van der Waals surface area contributed by atoms with E-state index in [1.807, 2.05) is 20.8 Å². The minimum atomic E-state index is -3.70. The van der Waals surface area contributed by atoms with Crippen LogP contribution in [0, 0.1) is 0 Å². The molecule has 0 aliphatic carbocycles. The Bertz CT molecular complexity index is 596. The number of benzene rings is 1. The van der Waals surface area contributed by atoms with Gasteiger partial charge in [0.05, 0.1) is 30.1 Å². The lowest BCUT2D eigenvalue weighted by Crippen LogP contribution is -2.30. The van der Waals surface area contributed by atoms with Crippen LogP contribution in [0.1, 0.15) is 38.8 Å². The summed E-state index contributed by atoms with van der Waals surface area (Å²) in [4.78, 5) is 13.8. The first-order chi connectivity index (χ1) is 10.1. The standard InChI is InChI=1S/C15H24N2O4S/c1-11(2)21-10-9-15(18)17(4)12(3)13-5-7-14(8-6-13)22(16,19)20/h5-8,11-12H,9-10H2,1-4H3,(H2,16,19,20). The Hall–Kier alpha value is -1.44. The molecule has 1 rings (SSSR count). The van der Waals surface area contributed by atoms with Crippen LogP contribution in [0.2, 0.25) is 0 Å². The van der Waals surface area contributed by atoms with E-state index in [1.54, 1.807) is 24.1 Å². The number of ether oxygens (including phenoxy) is 1. The number of nitrogens with two attached hydrogens (primary N) is 1. The Balaban J connectivity index is 2.70. The van der Waals surface area contributed by atoms with Gasteiger partial charge in [-0.2, -0.15) is 0 Å². The van der Waals surface area contributed by atoms with Gasteiger partial charge in [-0.05, 0) is 38.5 Å². The molecule has 0 saturated heterocycles. The summed E-state index contributed by atoms with van der Waals surface area (Å²) in [6.45, 7) is 6.11. The summed E-state index contributed by atoms with van der Waals surface area (Å²) in [5, 5.41) is 5.06. The van der Waals surface area contributed by atoms with E-state index in [0.29, 0.717) is 13.0 Å². The molecule has 1 aromatic rings. The van der Waals surface area contributed by atoms with Crippen LogP contribution in [0.5, 0.6) is 0 Å². The summed E-state index contributed by atoms with van der Waals surface area (Å²) in [5.41, 5.74) is 0.841. The summed E-state index contributed by atoms with van der Waals surface area (Å²) in [6.07, 6.45) is 0.412. The lowest BCUT2D eigenvalue weighted by Gasteiger charge is -2.25. The molecular weight excluding hydrogens is 304 g/mol. The van der Waals surface area contributed by atoms with Crippen molar-refractivity contribution in [3.8, 4) is 0 Å². The monoisotopic (exact) mass is 328 g/mol. The molecule has 0 saturated carbocycles.